The van der Waals surface area contributed by atoms with E-state index in [0.29, 0.717) is 0 Å². The summed E-state index contributed by atoms with van der Waals surface area (Å²) in [4.78, 5) is 45.1. The average Bonchev–Trinajstić information content (AvgIpc) is 2.35. The fraction of sp³-hybridized carbons (Fsp3) is 0.667. The molecule has 0 aliphatic heterocycles. The minimum absolute atomic E-state index is 0. The van der Waals surface area contributed by atoms with Crippen molar-refractivity contribution in [1.29, 1.82) is 0 Å². The molecule has 0 aromatic heterocycles. The summed E-state index contributed by atoms with van der Waals surface area (Å²) in [6, 6.07) is 0. The predicted octanol–water partition coefficient (Wildman–Crippen LogP) is -2.15. The number of hydrogen-bond donors (Lipinski definition) is 7. The minimum Gasteiger partial charge on any atom is -0.481 e. The molecule has 0 aliphatic rings. The zero-order chi connectivity index (χ0) is 18.0. The number of carboxylic acids is 4. The van der Waals surface area contributed by atoms with Gasteiger partial charge in [-0.05, 0) is 0 Å². The number of carbonyl (C=O) groups is 4. The number of hydrogen-bond acceptors (Lipinski definition) is 8. The molecule has 0 spiro atoms. The number of carboxylic acid groups (broad SMARTS) is 4. The molecule has 0 saturated carbocycles. The molecular weight excluding hydrogens is 384 g/mol. The van der Waals surface area contributed by atoms with Crippen LogP contribution in [0.25, 0.3) is 0 Å². The summed E-state index contributed by atoms with van der Waals surface area (Å²) in [6.45, 7) is -1.43. The van der Waals surface area contributed by atoms with Crippen LogP contribution in [0.1, 0.15) is 12.8 Å². The SMILES string of the molecule is N.NCCNCC(CC(=O)O)(CC(=O)O)N(CC(=O)O)CC(=O)O.[Fe]. The molecule has 10 N–H and O–H groups in total. The van der Waals surface area contributed by atoms with Crippen molar-refractivity contribution in [1.82, 2.24) is 16.4 Å². The maximum Gasteiger partial charge on any atom is 0.317 e. The molecule has 148 valence electrons. The Morgan fingerprint density at radius 3 is 1.56 bits per heavy atom. The second kappa shape index (κ2) is 13.5. The molecule has 25 heavy (non-hydrogen) atoms. The van der Waals surface area contributed by atoms with Crippen LogP contribution in [0, 0.1) is 0 Å². The Hall–Kier alpha value is -1.76. The van der Waals surface area contributed by atoms with Gasteiger partial charge in [-0.1, -0.05) is 0 Å². The first-order valence-corrected chi connectivity index (χ1v) is 6.66. The Morgan fingerprint density at radius 2 is 1.28 bits per heavy atom. The molecule has 0 saturated heterocycles. The van der Waals surface area contributed by atoms with Crippen LogP contribution in [0.4, 0.5) is 0 Å². The molecule has 13 heteroatoms. The molecule has 0 bridgehead atoms. The van der Waals surface area contributed by atoms with Gasteiger partial charge < -0.3 is 37.6 Å². The predicted molar refractivity (Wildman–Crippen MR) is 81.0 cm³/mol. The largest absolute Gasteiger partial charge is 0.481 e. The maximum atomic E-state index is 11.1. The van der Waals surface area contributed by atoms with Crippen molar-refractivity contribution in [2.24, 2.45) is 5.73 Å². The molecule has 0 aromatic carbocycles. The van der Waals surface area contributed by atoms with Crippen LogP contribution < -0.4 is 17.2 Å². The van der Waals surface area contributed by atoms with E-state index in [1.54, 1.807) is 0 Å². The number of nitrogens with one attached hydrogen (secondary N) is 1. The van der Waals surface area contributed by atoms with Crippen molar-refractivity contribution in [3.05, 3.63) is 0 Å². The Labute approximate surface area is 154 Å². The monoisotopic (exact) mass is 408 g/mol. The van der Waals surface area contributed by atoms with Crippen molar-refractivity contribution in [3.63, 3.8) is 0 Å². The molecule has 0 rings (SSSR count). The maximum absolute atomic E-state index is 11.1. The molecule has 0 unspecified atom stereocenters. The van der Waals surface area contributed by atoms with Crippen LogP contribution >= 0.6 is 0 Å². The van der Waals surface area contributed by atoms with Crippen LogP contribution in [-0.4, -0.2) is 87.5 Å². The first kappa shape index (κ1) is 28.1. The Kier molecular flexibility index (Phi) is 15.2. The van der Waals surface area contributed by atoms with Crippen molar-refractivity contribution in [2.75, 3.05) is 32.7 Å². The van der Waals surface area contributed by atoms with Gasteiger partial charge in [0.15, 0.2) is 0 Å². The number of aliphatic carboxylic acids is 4. The summed E-state index contributed by atoms with van der Waals surface area (Å²) < 4.78 is 0. The fourth-order valence-corrected chi connectivity index (χ4v) is 2.23. The standard InChI is InChI=1S/C12H21N3O8.Fe.H3N/c13-1-2-14-7-12(3-8(16)17,4-9(18)19)15(5-10(20)21)6-11(22)23;;/h14H,1-7,13H2,(H,16,17)(H,18,19)(H,20,21)(H,22,23);;1H3. The van der Waals surface area contributed by atoms with Crippen molar-refractivity contribution in [2.45, 2.75) is 18.4 Å². The van der Waals surface area contributed by atoms with E-state index in [-0.39, 0.29) is 42.9 Å². The summed E-state index contributed by atoms with van der Waals surface area (Å²) in [5.41, 5.74) is 3.58. The van der Waals surface area contributed by atoms with Gasteiger partial charge >= 0.3 is 23.9 Å². The van der Waals surface area contributed by atoms with Crippen molar-refractivity contribution >= 4 is 23.9 Å². The van der Waals surface area contributed by atoms with Crippen molar-refractivity contribution < 1.29 is 56.7 Å². The van der Waals surface area contributed by atoms with E-state index in [1.807, 2.05) is 0 Å². The van der Waals surface area contributed by atoms with E-state index < -0.39 is 55.3 Å². The summed E-state index contributed by atoms with van der Waals surface area (Å²) in [7, 11) is 0. The van der Waals surface area contributed by atoms with Gasteiger partial charge in [0.05, 0.1) is 31.5 Å². The molecule has 0 fully saturated rings. The summed E-state index contributed by atoms with van der Waals surface area (Å²) in [5, 5.41) is 38.7. The van der Waals surface area contributed by atoms with Gasteiger partial charge in [0.2, 0.25) is 0 Å². The smallest absolute Gasteiger partial charge is 0.317 e. The second-order valence-corrected chi connectivity index (χ2v) is 4.97. The molecule has 0 atom stereocenters. The van der Waals surface area contributed by atoms with Crippen LogP contribution in [-0.2, 0) is 36.2 Å². The van der Waals surface area contributed by atoms with Crippen LogP contribution in [0.15, 0.2) is 0 Å². The quantitative estimate of drug-likeness (QED) is 0.128. The van der Waals surface area contributed by atoms with Crippen LogP contribution in [0.3, 0.4) is 0 Å². The van der Waals surface area contributed by atoms with Crippen molar-refractivity contribution in [3.8, 4) is 0 Å². The third-order valence-corrected chi connectivity index (χ3v) is 3.06. The van der Waals surface area contributed by atoms with Gasteiger partial charge in [0.25, 0.3) is 0 Å². The summed E-state index contributed by atoms with van der Waals surface area (Å²) >= 11 is 0. The third kappa shape index (κ3) is 11.4. The Bertz CT molecular complexity index is 430. The van der Waals surface area contributed by atoms with Crippen LogP contribution in [0.5, 0.6) is 0 Å². The van der Waals surface area contributed by atoms with E-state index in [1.165, 1.54) is 0 Å². The van der Waals surface area contributed by atoms with Crippen LogP contribution in [0.2, 0.25) is 0 Å². The van der Waals surface area contributed by atoms with E-state index >= 15 is 0 Å². The molecule has 0 amide bonds. The van der Waals surface area contributed by atoms with E-state index in [9.17, 15) is 19.2 Å². The molecule has 0 aromatic rings. The zero-order valence-corrected chi connectivity index (χ0v) is 14.6. The van der Waals surface area contributed by atoms with Gasteiger partial charge in [-0.25, -0.2) is 0 Å². The average molecular weight is 408 g/mol. The minimum atomic E-state index is -1.72. The van der Waals surface area contributed by atoms with Gasteiger partial charge in [-0.3, -0.25) is 24.1 Å². The Morgan fingerprint density at radius 1 is 0.880 bits per heavy atom. The fourth-order valence-electron chi connectivity index (χ4n) is 2.23. The van der Waals surface area contributed by atoms with Gasteiger partial charge in [-0.15, -0.1) is 0 Å². The normalized spacial score (nSPS) is 10.5. The van der Waals surface area contributed by atoms with Gasteiger partial charge in [0, 0.05) is 36.7 Å². The first-order valence-electron chi connectivity index (χ1n) is 6.66. The van der Waals surface area contributed by atoms with E-state index in [2.05, 4.69) is 5.32 Å². The van der Waals surface area contributed by atoms with Gasteiger partial charge in [-0.2, -0.15) is 0 Å². The molecule has 12 nitrogen and oxygen atoms in total. The first-order chi connectivity index (χ1) is 10.6. The molecular formula is C12H24FeN4O8. The molecule has 0 radical (unpaired) electrons. The summed E-state index contributed by atoms with van der Waals surface area (Å²) in [6.07, 6.45) is -1.48. The number of rotatable bonds is 13. The zero-order valence-electron chi connectivity index (χ0n) is 13.5. The third-order valence-electron chi connectivity index (χ3n) is 3.06. The van der Waals surface area contributed by atoms with Gasteiger partial charge in [0.1, 0.15) is 0 Å². The number of nitrogens with two attached hydrogens (primary N) is 1. The van der Waals surface area contributed by atoms with E-state index in [0.717, 1.165) is 4.90 Å². The second-order valence-electron chi connectivity index (χ2n) is 4.97. The molecule has 0 heterocycles. The number of nitrogens with zero attached hydrogens (tertiary/aromatic N) is 1. The topological polar surface area (TPSA) is 225 Å². The Balaban J connectivity index is -0.00000242. The summed E-state index contributed by atoms with van der Waals surface area (Å²) in [5.74, 6) is -5.54. The van der Waals surface area contributed by atoms with E-state index in [4.69, 9.17) is 26.2 Å². The molecule has 0 aliphatic carbocycles.